The highest BCUT2D eigenvalue weighted by Gasteiger charge is 2.60. The molecule has 0 spiro atoms. The quantitative estimate of drug-likeness (QED) is 0.363. The van der Waals surface area contributed by atoms with Crippen LogP contribution in [0.2, 0.25) is 0 Å². The second-order valence-corrected chi connectivity index (χ2v) is 12.1. The number of fused-ring (bicyclic) bond motifs is 5. The number of Topliss-reactive ketones (excluding diaryl/α,β-unsaturated/α-hetero) is 1. The monoisotopic (exact) mass is 547 g/mol. The van der Waals surface area contributed by atoms with Crippen LogP contribution in [0.25, 0.3) is 0 Å². The fraction of sp³-hybridized carbons (Fsp3) is 0.531. The Bertz CT molecular complexity index is 1320. The molecule has 1 amide bonds. The van der Waals surface area contributed by atoms with Gasteiger partial charge in [-0.2, -0.15) is 0 Å². The Morgan fingerprint density at radius 1 is 1.27 bits per heavy atom. The molecule has 212 valence electrons. The first-order valence-corrected chi connectivity index (χ1v) is 14.7. The third-order valence-electron chi connectivity index (χ3n) is 10.0. The van der Waals surface area contributed by atoms with Crippen LogP contribution in [-0.4, -0.2) is 48.1 Å². The number of aliphatic hydroxyl groups is 1. The number of amides is 1. The number of rotatable bonds is 6. The van der Waals surface area contributed by atoms with E-state index in [1.807, 2.05) is 12.1 Å². The molecule has 3 fully saturated rings. The van der Waals surface area contributed by atoms with Crippen LogP contribution in [0.3, 0.4) is 0 Å². The Kier molecular flexibility index (Phi) is 7.38. The summed E-state index contributed by atoms with van der Waals surface area (Å²) in [6.45, 7) is 5.04. The van der Waals surface area contributed by atoms with Gasteiger partial charge in [0.1, 0.15) is 11.6 Å². The lowest BCUT2D eigenvalue weighted by molar-refractivity contribution is -0.127. The third kappa shape index (κ3) is 4.70. The van der Waals surface area contributed by atoms with E-state index in [1.165, 1.54) is 0 Å². The standard InChI is InChI=1S/C32H38FN3O4/c1-32-12-10-22-21-4-2-6-27(33)23(21)8-9-25(22)30(32)24(26(19-37)31(32)39)5-3-7-29(38)35-28-18-20(11-13-34-28)36-14-16-40-17-15-36/h2,4,6,11,13,18-19,22,24-25,30,37H,3,5,7-10,12,14-17H2,1H3,(H,34,35,38)/b26-19-/t22?,24-,25?,30?,32+/m1/s1. The fourth-order valence-corrected chi connectivity index (χ4v) is 8.21. The SMILES string of the molecule is C[C@]12CCC3c4cccc(F)c4CCC3C1[C@H](CCCC(=O)Nc1cc(N3CCOCC3)ccn1)/C(=C/O)C2=O. The number of hydrogen-bond donors (Lipinski definition) is 2. The summed E-state index contributed by atoms with van der Waals surface area (Å²) in [5.41, 5.74) is 2.90. The van der Waals surface area contributed by atoms with Gasteiger partial charge in [0.05, 0.1) is 19.5 Å². The van der Waals surface area contributed by atoms with Gasteiger partial charge in [-0.15, -0.1) is 0 Å². The average Bonchev–Trinajstić information content (AvgIpc) is 3.19. The van der Waals surface area contributed by atoms with E-state index in [9.17, 15) is 19.1 Å². The minimum absolute atomic E-state index is 0.0436. The number of aliphatic hydroxyl groups excluding tert-OH is 1. The Hall–Kier alpha value is -3.26. The lowest BCUT2D eigenvalue weighted by atomic mass is 9.54. The van der Waals surface area contributed by atoms with Crippen molar-refractivity contribution in [2.75, 3.05) is 36.5 Å². The molecule has 2 N–H and O–H groups in total. The van der Waals surface area contributed by atoms with E-state index in [2.05, 4.69) is 28.2 Å². The van der Waals surface area contributed by atoms with Crippen LogP contribution in [-0.2, 0) is 20.7 Å². The van der Waals surface area contributed by atoms with E-state index in [1.54, 1.807) is 18.3 Å². The number of ketones is 1. The molecule has 5 atom stereocenters. The molecular formula is C32H38FN3O4. The topological polar surface area (TPSA) is 91.8 Å². The summed E-state index contributed by atoms with van der Waals surface area (Å²) in [7, 11) is 0. The maximum Gasteiger partial charge on any atom is 0.225 e. The predicted octanol–water partition coefficient (Wildman–Crippen LogP) is 5.57. The number of allylic oxidation sites excluding steroid dienone is 1. The minimum atomic E-state index is -0.530. The Balaban J connectivity index is 1.14. The molecule has 4 aliphatic rings. The summed E-state index contributed by atoms with van der Waals surface area (Å²) in [6, 6.07) is 9.22. The first-order valence-electron chi connectivity index (χ1n) is 14.7. The number of halogens is 1. The highest BCUT2D eigenvalue weighted by molar-refractivity contribution is 6.03. The number of pyridine rings is 1. The first kappa shape index (κ1) is 26.9. The van der Waals surface area contributed by atoms with E-state index in [0.29, 0.717) is 50.3 Å². The molecule has 3 aliphatic carbocycles. The number of benzene rings is 1. The molecule has 0 bridgehead atoms. The van der Waals surface area contributed by atoms with Gasteiger partial charge in [0, 0.05) is 48.4 Å². The Morgan fingerprint density at radius 2 is 2.10 bits per heavy atom. The van der Waals surface area contributed by atoms with Crippen LogP contribution in [0.15, 0.2) is 48.4 Å². The zero-order chi connectivity index (χ0) is 27.9. The third-order valence-corrected chi connectivity index (χ3v) is 10.0. The molecule has 1 aromatic carbocycles. The molecule has 0 radical (unpaired) electrons. The molecule has 8 heteroatoms. The van der Waals surface area contributed by atoms with Crippen LogP contribution in [0, 0.1) is 29.0 Å². The van der Waals surface area contributed by atoms with E-state index in [-0.39, 0.29) is 41.2 Å². The van der Waals surface area contributed by atoms with Crippen molar-refractivity contribution >= 4 is 23.2 Å². The zero-order valence-electron chi connectivity index (χ0n) is 23.1. The normalized spacial score (nSPS) is 30.5. The van der Waals surface area contributed by atoms with Gasteiger partial charge in [-0.05, 0) is 85.5 Å². The van der Waals surface area contributed by atoms with Crippen LogP contribution in [0.5, 0.6) is 0 Å². The Morgan fingerprint density at radius 3 is 2.90 bits per heavy atom. The molecule has 1 aromatic heterocycles. The molecule has 2 aromatic rings. The van der Waals surface area contributed by atoms with Gasteiger partial charge in [0.25, 0.3) is 0 Å². The number of nitrogens with one attached hydrogen (secondary N) is 1. The van der Waals surface area contributed by atoms with Crippen LogP contribution in [0.4, 0.5) is 15.9 Å². The molecule has 1 aliphatic heterocycles. The van der Waals surface area contributed by atoms with Crippen molar-refractivity contribution < 1.29 is 23.8 Å². The van der Waals surface area contributed by atoms with Gasteiger partial charge in [-0.1, -0.05) is 19.1 Å². The molecule has 3 unspecified atom stereocenters. The van der Waals surface area contributed by atoms with Crippen LogP contribution >= 0.6 is 0 Å². The summed E-state index contributed by atoms with van der Waals surface area (Å²) >= 11 is 0. The van der Waals surface area contributed by atoms with Crippen molar-refractivity contribution in [2.24, 2.45) is 23.2 Å². The summed E-state index contributed by atoms with van der Waals surface area (Å²) < 4.78 is 20.0. The minimum Gasteiger partial charge on any atom is -0.515 e. The van der Waals surface area contributed by atoms with Crippen molar-refractivity contribution in [3.05, 3.63) is 65.3 Å². The molecule has 2 heterocycles. The van der Waals surface area contributed by atoms with Crippen molar-refractivity contribution in [1.82, 2.24) is 4.98 Å². The average molecular weight is 548 g/mol. The van der Waals surface area contributed by atoms with Gasteiger partial charge in [-0.25, -0.2) is 9.37 Å². The smallest absolute Gasteiger partial charge is 0.225 e. The summed E-state index contributed by atoms with van der Waals surface area (Å²) in [4.78, 5) is 33.0. The zero-order valence-corrected chi connectivity index (χ0v) is 23.1. The highest BCUT2D eigenvalue weighted by atomic mass is 19.1. The van der Waals surface area contributed by atoms with E-state index < -0.39 is 5.41 Å². The highest BCUT2D eigenvalue weighted by Crippen LogP contribution is 2.63. The van der Waals surface area contributed by atoms with Gasteiger partial charge in [-0.3, -0.25) is 9.59 Å². The van der Waals surface area contributed by atoms with E-state index in [0.717, 1.165) is 55.4 Å². The van der Waals surface area contributed by atoms with Crippen molar-refractivity contribution in [3.8, 4) is 0 Å². The van der Waals surface area contributed by atoms with Crippen LogP contribution < -0.4 is 10.2 Å². The number of ether oxygens (including phenoxy) is 1. The van der Waals surface area contributed by atoms with Crippen molar-refractivity contribution in [2.45, 2.75) is 57.8 Å². The van der Waals surface area contributed by atoms with Gasteiger partial charge < -0.3 is 20.1 Å². The number of aromatic nitrogens is 1. The second-order valence-electron chi connectivity index (χ2n) is 12.1. The number of anilines is 2. The van der Waals surface area contributed by atoms with Crippen molar-refractivity contribution in [3.63, 3.8) is 0 Å². The van der Waals surface area contributed by atoms with Gasteiger partial charge in [0.15, 0.2) is 5.78 Å². The molecule has 1 saturated heterocycles. The largest absolute Gasteiger partial charge is 0.515 e. The lowest BCUT2D eigenvalue weighted by Gasteiger charge is -2.49. The molecule has 2 saturated carbocycles. The number of hydrogen-bond acceptors (Lipinski definition) is 6. The van der Waals surface area contributed by atoms with E-state index >= 15 is 0 Å². The van der Waals surface area contributed by atoms with E-state index in [4.69, 9.17) is 4.74 Å². The first-order chi connectivity index (χ1) is 19.4. The lowest BCUT2D eigenvalue weighted by Crippen LogP contribution is -2.44. The molecule has 40 heavy (non-hydrogen) atoms. The maximum absolute atomic E-state index is 14.6. The fourth-order valence-electron chi connectivity index (χ4n) is 8.21. The summed E-state index contributed by atoms with van der Waals surface area (Å²) in [5.74, 6) is 0.759. The number of morpholine rings is 1. The number of carbonyl (C=O) groups excluding carboxylic acids is 2. The molecular weight excluding hydrogens is 509 g/mol. The number of carbonyl (C=O) groups is 2. The second kappa shape index (κ2) is 11.0. The van der Waals surface area contributed by atoms with Crippen LogP contribution in [0.1, 0.15) is 62.5 Å². The Labute approximate surface area is 234 Å². The summed E-state index contributed by atoms with van der Waals surface area (Å²) in [6.07, 6.45) is 7.36. The molecule has 7 nitrogen and oxygen atoms in total. The predicted molar refractivity (Wildman–Crippen MR) is 151 cm³/mol. The molecule has 6 rings (SSSR count). The summed E-state index contributed by atoms with van der Waals surface area (Å²) in [5, 5.41) is 13.1. The maximum atomic E-state index is 14.6. The number of nitrogens with zero attached hydrogens (tertiary/aromatic N) is 2. The van der Waals surface area contributed by atoms with Gasteiger partial charge >= 0.3 is 0 Å². The van der Waals surface area contributed by atoms with Gasteiger partial charge in [0.2, 0.25) is 5.91 Å². The van der Waals surface area contributed by atoms with Crippen molar-refractivity contribution in [1.29, 1.82) is 0 Å².